The largest absolute Gasteiger partial charge is 0.312 e. The summed E-state index contributed by atoms with van der Waals surface area (Å²) in [5.74, 6) is 0. The molecule has 2 heteroatoms. The van der Waals surface area contributed by atoms with Crippen molar-refractivity contribution >= 4 is 11.3 Å². The lowest BCUT2D eigenvalue weighted by atomic mass is 10.0. The van der Waals surface area contributed by atoms with Gasteiger partial charge < -0.3 is 5.32 Å². The Morgan fingerprint density at radius 1 is 1.12 bits per heavy atom. The van der Waals surface area contributed by atoms with Gasteiger partial charge in [0.1, 0.15) is 0 Å². The van der Waals surface area contributed by atoms with Gasteiger partial charge in [0.2, 0.25) is 0 Å². The zero-order valence-electron chi connectivity index (χ0n) is 10.7. The van der Waals surface area contributed by atoms with Crippen molar-refractivity contribution in [3.63, 3.8) is 0 Å². The SMILES string of the molecule is CNC(Cc1ccc(C)cc1)c1sccc1C. The number of hydrogen-bond donors (Lipinski definition) is 1. The van der Waals surface area contributed by atoms with E-state index in [4.69, 9.17) is 0 Å². The van der Waals surface area contributed by atoms with E-state index >= 15 is 0 Å². The summed E-state index contributed by atoms with van der Waals surface area (Å²) in [6.45, 7) is 4.31. The van der Waals surface area contributed by atoms with Gasteiger partial charge in [-0.05, 0) is 49.9 Å². The lowest BCUT2D eigenvalue weighted by Crippen LogP contribution is -2.18. The molecule has 0 fully saturated rings. The topological polar surface area (TPSA) is 12.0 Å². The molecule has 1 heterocycles. The van der Waals surface area contributed by atoms with Gasteiger partial charge in [0.25, 0.3) is 0 Å². The van der Waals surface area contributed by atoms with Crippen LogP contribution in [-0.2, 0) is 6.42 Å². The summed E-state index contributed by atoms with van der Waals surface area (Å²) in [6.07, 6.45) is 1.05. The van der Waals surface area contributed by atoms with Crippen LogP contribution >= 0.6 is 11.3 Å². The summed E-state index contributed by atoms with van der Waals surface area (Å²) < 4.78 is 0. The minimum atomic E-state index is 0.428. The number of rotatable bonds is 4. The van der Waals surface area contributed by atoms with Gasteiger partial charge in [-0.25, -0.2) is 0 Å². The van der Waals surface area contributed by atoms with Crippen LogP contribution in [0.1, 0.15) is 27.6 Å². The summed E-state index contributed by atoms with van der Waals surface area (Å²) in [7, 11) is 2.04. The van der Waals surface area contributed by atoms with E-state index < -0.39 is 0 Å². The van der Waals surface area contributed by atoms with Crippen LogP contribution < -0.4 is 5.32 Å². The van der Waals surface area contributed by atoms with Gasteiger partial charge in [-0.3, -0.25) is 0 Å². The third kappa shape index (κ3) is 2.96. The molecule has 0 aliphatic carbocycles. The maximum atomic E-state index is 3.42. The van der Waals surface area contributed by atoms with E-state index in [1.165, 1.54) is 21.6 Å². The van der Waals surface area contributed by atoms with Crippen LogP contribution in [0.2, 0.25) is 0 Å². The molecule has 0 saturated heterocycles. The minimum absolute atomic E-state index is 0.428. The molecule has 2 rings (SSSR count). The van der Waals surface area contributed by atoms with E-state index in [2.05, 4.69) is 54.9 Å². The van der Waals surface area contributed by atoms with E-state index in [9.17, 15) is 0 Å². The molecule has 1 N–H and O–H groups in total. The molecule has 2 aromatic rings. The Labute approximate surface area is 108 Å². The monoisotopic (exact) mass is 245 g/mol. The zero-order chi connectivity index (χ0) is 12.3. The first-order chi connectivity index (χ1) is 8.20. The van der Waals surface area contributed by atoms with Crippen molar-refractivity contribution < 1.29 is 0 Å². The molecule has 0 aliphatic heterocycles. The number of thiophene rings is 1. The Morgan fingerprint density at radius 2 is 1.82 bits per heavy atom. The highest BCUT2D eigenvalue weighted by Crippen LogP contribution is 2.26. The van der Waals surface area contributed by atoms with E-state index in [1.54, 1.807) is 0 Å². The van der Waals surface area contributed by atoms with Crippen molar-refractivity contribution in [2.24, 2.45) is 0 Å². The molecular weight excluding hydrogens is 226 g/mol. The quantitative estimate of drug-likeness (QED) is 0.862. The fraction of sp³-hybridized carbons (Fsp3) is 0.333. The fourth-order valence-corrected chi connectivity index (χ4v) is 3.07. The molecule has 0 saturated carbocycles. The average Bonchev–Trinajstić information content (AvgIpc) is 2.75. The second-order valence-electron chi connectivity index (χ2n) is 4.50. The van der Waals surface area contributed by atoms with Gasteiger partial charge in [0.15, 0.2) is 0 Å². The van der Waals surface area contributed by atoms with Crippen LogP contribution in [0.4, 0.5) is 0 Å². The molecule has 1 atom stereocenters. The smallest absolute Gasteiger partial charge is 0.0455 e. The lowest BCUT2D eigenvalue weighted by Gasteiger charge is -2.16. The van der Waals surface area contributed by atoms with E-state index in [-0.39, 0.29) is 0 Å². The predicted octanol–water partition coefficient (Wildman–Crippen LogP) is 3.87. The minimum Gasteiger partial charge on any atom is -0.312 e. The summed E-state index contributed by atoms with van der Waals surface area (Å²) >= 11 is 1.84. The standard InChI is InChI=1S/C15H19NS/c1-11-4-6-13(7-5-11)10-14(16-3)15-12(2)8-9-17-15/h4-9,14,16H,10H2,1-3H3. The summed E-state index contributed by atoms with van der Waals surface area (Å²) in [4.78, 5) is 1.45. The lowest BCUT2D eigenvalue weighted by molar-refractivity contribution is 0.599. The van der Waals surface area contributed by atoms with Gasteiger partial charge >= 0.3 is 0 Å². The summed E-state index contributed by atoms with van der Waals surface area (Å²) in [5.41, 5.74) is 4.10. The molecule has 1 nitrogen and oxygen atoms in total. The third-order valence-electron chi connectivity index (χ3n) is 3.13. The van der Waals surface area contributed by atoms with E-state index in [0.29, 0.717) is 6.04 Å². The fourth-order valence-electron chi connectivity index (χ4n) is 2.03. The molecule has 90 valence electrons. The van der Waals surface area contributed by atoms with Crippen molar-refractivity contribution in [3.05, 3.63) is 57.3 Å². The van der Waals surface area contributed by atoms with Crippen molar-refractivity contribution in [2.45, 2.75) is 26.3 Å². The van der Waals surface area contributed by atoms with Crippen molar-refractivity contribution in [1.29, 1.82) is 0 Å². The van der Waals surface area contributed by atoms with E-state index in [1.807, 2.05) is 18.4 Å². The molecule has 0 radical (unpaired) electrons. The van der Waals surface area contributed by atoms with Crippen LogP contribution in [0, 0.1) is 13.8 Å². The second-order valence-corrected chi connectivity index (χ2v) is 5.45. The van der Waals surface area contributed by atoms with Crippen LogP contribution in [0.3, 0.4) is 0 Å². The van der Waals surface area contributed by atoms with Gasteiger partial charge in [-0.15, -0.1) is 11.3 Å². The van der Waals surface area contributed by atoms with Crippen LogP contribution in [0.15, 0.2) is 35.7 Å². The summed E-state index contributed by atoms with van der Waals surface area (Å²) in [6, 6.07) is 11.4. The Kier molecular flexibility index (Phi) is 3.97. The number of hydrogen-bond acceptors (Lipinski definition) is 2. The first kappa shape index (κ1) is 12.3. The Hall–Kier alpha value is -1.12. The number of likely N-dealkylation sites (N-methyl/N-ethyl adjacent to an activating group) is 1. The Balaban J connectivity index is 2.16. The third-order valence-corrected chi connectivity index (χ3v) is 4.26. The van der Waals surface area contributed by atoms with Crippen molar-refractivity contribution in [3.8, 4) is 0 Å². The van der Waals surface area contributed by atoms with Gasteiger partial charge in [0.05, 0.1) is 0 Å². The molecule has 1 aromatic heterocycles. The normalized spacial score (nSPS) is 12.6. The number of aryl methyl sites for hydroxylation is 2. The second kappa shape index (κ2) is 5.48. The molecule has 1 aromatic carbocycles. The summed E-state index contributed by atoms with van der Waals surface area (Å²) in [5, 5.41) is 5.59. The highest BCUT2D eigenvalue weighted by molar-refractivity contribution is 7.10. The molecule has 0 amide bonds. The molecular formula is C15H19NS. The van der Waals surface area contributed by atoms with Gasteiger partial charge in [0, 0.05) is 10.9 Å². The first-order valence-corrected chi connectivity index (χ1v) is 6.85. The average molecular weight is 245 g/mol. The maximum absolute atomic E-state index is 3.42. The number of benzene rings is 1. The molecule has 17 heavy (non-hydrogen) atoms. The highest BCUT2D eigenvalue weighted by atomic mass is 32.1. The predicted molar refractivity (Wildman–Crippen MR) is 75.7 cm³/mol. The molecule has 0 aliphatic rings. The molecule has 0 bridgehead atoms. The van der Waals surface area contributed by atoms with E-state index in [0.717, 1.165) is 6.42 Å². The van der Waals surface area contributed by atoms with Crippen molar-refractivity contribution in [1.82, 2.24) is 5.32 Å². The Bertz CT molecular complexity index is 470. The molecule has 0 spiro atoms. The van der Waals surface area contributed by atoms with Gasteiger partial charge in [-0.2, -0.15) is 0 Å². The number of nitrogens with one attached hydrogen (secondary N) is 1. The van der Waals surface area contributed by atoms with Crippen LogP contribution in [0.25, 0.3) is 0 Å². The molecule has 1 unspecified atom stereocenters. The first-order valence-electron chi connectivity index (χ1n) is 5.97. The van der Waals surface area contributed by atoms with Crippen LogP contribution in [-0.4, -0.2) is 7.05 Å². The highest BCUT2D eigenvalue weighted by Gasteiger charge is 2.13. The van der Waals surface area contributed by atoms with Crippen LogP contribution in [0.5, 0.6) is 0 Å². The maximum Gasteiger partial charge on any atom is 0.0455 e. The Morgan fingerprint density at radius 3 is 2.35 bits per heavy atom. The van der Waals surface area contributed by atoms with Crippen molar-refractivity contribution in [2.75, 3.05) is 7.05 Å². The zero-order valence-corrected chi connectivity index (χ0v) is 11.5. The van der Waals surface area contributed by atoms with Gasteiger partial charge in [-0.1, -0.05) is 29.8 Å².